The largest absolute Gasteiger partial charge is 0.390 e. The van der Waals surface area contributed by atoms with Crippen LogP contribution in [0.5, 0.6) is 0 Å². The lowest BCUT2D eigenvalue weighted by Gasteiger charge is -2.34. The fourth-order valence-electron chi connectivity index (χ4n) is 3.07. The Morgan fingerprint density at radius 2 is 2.08 bits per heavy atom. The van der Waals surface area contributed by atoms with Gasteiger partial charge in [-0.3, -0.25) is 9.78 Å². The molecule has 0 radical (unpaired) electrons. The molecule has 6 nitrogen and oxygen atoms in total. The Balaban J connectivity index is 1.67. The first kappa shape index (κ1) is 16.8. The van der Waals surface area contributed by atoms with Crippen molar-refractivity contribution in [1.82, 2.24) is 9.88 Å². The number of benzene rings is 1. The third-order valence-corrected chi connectivity index (χ3v) is 4.49. The summed E-state index contributed by atoms with van der Waals surface area (Å²) < 4.78 is 5.26. The number of amides is 1. The van der Waals surface area contributed by atoms with Gasteiger partial charge in [0.2, 0.25) is 5.91 Å². The van der Waals surface area contributed by atoms with E-state index in [-0.39, 0.29) is 24.9 Å². The predicted octanol–water partition coefficient (Wildman–Crippen LogP) is 0.604. The zero-order valence-corrected chi connectivity index (χ0v) is 13.6. The van der Waals surface area contributed by atoms with E-state index in [1.54, 1.807) is 18.1 Å². The van der Waals surface area contributed by atoms with Crippen LogP contribution in [0.3, 0.4) is 0 Å². The zero-order valence-electron chi connectivity index (χ0n) is 13.6. The van der Waals surface area contributed by atoms with Gasteiger partial charge in [0.15, 0.2) is 0 Å². The van der Waals surface area contributed by atoms with Crippen LogP contribution < -0.4 is 0 Å². The molecule has 24 heavy (non-hydrogen) atoms. The van der Waals surface area contributed by atoms with Gasteiger partial charge in [0.05, 0.1) is 31.3 Å². The Morgan fingerprint density at radius 1 is 1.29 bits per heavy atom. The van der Waals surface area contributed by atoms with Crippen molar-refractivity contribution < 1.29 is 19.7 Å². The summed E-state index contributed by atoms with van der Waals surface area (Å²) in [5, 5.41) is 20.7. The summed E-state index contributed by atoms with van der Waals surface area (Å²) in [4.78, 5) is 18.5. The van der Waals surface area contributed by atoms with E-state index in [1.807, 2.05) is 30.3 Å². The lowest BCUT2D eigenvalue weighted by molar-refractivity contribution is -0.139. The number of carbonyl (C=O) groups is 1. The van der Waals surface area contributed by atoms with Crippen LogP contribution in [0.2, 0.25) is 0 Å². The molecule has 2 heterocycles. The molecular formula is C18H22N2O4. The van der Waals surface area contributed by atoms with Crippen LogP contribution in [0.25, 0.3) is 10.9 Å². The number of aliphatic hydroxyl groups excluding tert-OH is 2. The Morgan fingerprint density at radius 3 is 2.92 bits per heavy atom. The minimum Gasteiger partial charge on any atom is -0.390 e. The second kappa shape index (κ2) is 7.25. The molecule has 3 atom stereocenters. The summed E-state index contributed by atoms with van der Waals surface area (Å²) in [7, 11) is 1.70. The van der Waals surface area contributed by atoms with E-state index >= 15 is 0 Å². The molecular weight excluding hydrogens is 308 g/mol. The Kier molecular flexibility index (Phi) is 5.08. The van der Waals surface area contributed by atoms with E-state index in [0.29, 0.717) is 13.2 Å². The molecule has 1 amide bonds. The molecule has 6 heteroatoms. The molecule has 0 saturated carbocycles. The maximum atomic E-state index is 12.5. The highest BCUT2D eigenvalue weighted by molar-refractivity contribution is 5.87. The number of hydrogen-bond acceptors (Lipinski definition) is 5. The second-order valence-corrected chi connectivity index (χ2v) is 6.30. The van der Waals surface area contributed by atoms with Crippen molar-refractivity contribution in [1.29, 1.82) is 0 Å². The lowest BCUT2D eigenvalue weighted by Crippen LogP contribution is -2.49. The number of nitrogens with zero attached hydrogens (tertiary/aromatic N) is 2. The molecule has 2 N–H and O–H groups in total. The van der Waals surface area contributed by atoms with Crippen molar-refractivity contribution in [2.24, 2.45) is 5.92 Å². The van der Waals surface area contributed by atoms with Crippen molar-refractivity contribution in [2.45, 2.75) is 18.6 Å². The maximum Gasteiger partial charge on any atom is 0.226 e. The molecule has 1 fully saturated rings. The first-order valence-corrected chi connectivity index (χ1v) is 8.06. The summed E-state index contributed by atoms with van der Waals surface area (Å²) in [6.07, 6.45) is 0.205. The molecule has 0 spiro atoms. The zero-order chi connectivity index (χ0) is 17.1. The van der Waals surface area contributed by atoms with Crippen molar-refractivity contribution in [3.63, 3.8) is 0 Å². The van der Waals surface area contributed by atoms with Gasteiger partial charge in [0.25, 0.3) is 0 Å². The average Bonchev–Trinajstić information content (AvgIpc) is 2.59. The molecule has 2 aromatic rings. The Bertz CT molecular complexity index is 716. The van der Waals surface area contributed by atoms with Gasteiger partial charge in [0, 0.05) is 31.1 Å². The van der Waals surface area contributed by atoms with Crippen LogP contribution in [-0.4, -0.2) is 65.0 Å². The van der Waals surface area contributed by atoms with Gasteiger partial charge < -0.3 is 19.8 Å². The highest BCUT2D eigenvalue weighted by atomic mass is 16.5. The number of para-hydroxylation sites is 1. The molecule has 1 aliphatic rings. The van der Waals surface area contributed by atoms with E-state index in [9.17, 15) is 15.0 Å². The average molecular weight is 330 g/mol. The summed E-state index contributed by atoms with van der Waals surface area (Å²) in [5.41, 5.74) is 1.71. The van der Waals surface area contributed by atoms with Crippen molar-refractivity contribution in [2.75, 3.05) is 26.8 Å². The quantitative estimate of drug-likeness (QED) is 0.858. The molecule has 1 aliphatic heterocycles. The van der Waals surface area contributed by atoms with E-state index in [0.717, 1.165) is 16.5 Å². The Hall–Kier alpha value is -2.02. The van der Waals surface area contributed by atoms with Gasteiger partial charge >= 0.3 is 0 Å². The summed E-state index contributed by atoms with van der Waals surface area (Å²) in [6, 6.07) is 9.63. The first-order chi connectivity index (χ1) is 11.6. The van der Waals surface area contributed by atoms with Gasteiger partial charge in [0.1, 0.15) is 6.10 Å². The third-order valence-electron chi connectivity index (χ3n) is 4.49. The fraction of sp³-hybridized carbons (Fsp3) is 0.444. The molecule has 0 unspecified atom stereocenters. The van der Waals surface area contributed by atoms with E-state index in [2.05, 4.69) is 4.98 Å². The molecule has 1 aromatic carbocycles. The summed E-state index contributed by atoms with van der Waals surface area (Å²) >= 11 is 0. The molecule has 3 rings (SSSR count). The van der Waals surface area contributed by atoms with Crippen LogP contribution in [0, 0.1) is 5.92 Å². The molecule has 0 bridgehead atoms. The van der Waals surface area contributed by atoms with Crippen LogP contribution >= 0.6 is 0 Å². The van der Waals surface area contributed by atoms with Crippen LogP contribution in [0.4, 0.5) is 0 Å². The summed E-state index contributed by atoms with van der Waals surface area (Å²) in [5.74, 6) is -0.339. The highest BCUT2D eigenvalue weighted by Crippen LogP contribution is 2.19. The Labute approximate surface area is 140 Å². The van der Waals surface area contributed by atoms with E-state index in [4.69, 9.17) is 4.74 Å². The maximum absolute atomic E-state index is 12.5. The normalized spacial score (nSPS) is 24.0. The van der Waals surface area contributed by atoms with Gasteiger partial charge in [-0.1, -0.05) is 24.3 Å². The summed E-state index contributed by atoms with van der Waals surface area (Å²) in [6.45, 7) is 0.817. The number of aliphatic hydroxyl groups is 2. The minimum absolute atomic E-state index is 0.0552. The number of fused-ring (bicyclic) bond motifs is 1. The molecule has 1 aromatic heterocycles. The monoisotopic (exact) mass is 330 g/mol. The molecule has 128 valence electrons. The van der Waals surface area contributed by atoms with Gasteiger partial charge in [-0.05, 0) is 11.6 Å². The molecule has 1 saturated heterocycles. The minimum atomic E-state index is -0.894. The number of aromatic nitrogens is 1. The highest BCUT2D eigenvalue weighted by Gasteiger charge is 2.32. The first-order valence-electron chi connectivity index (χ1n) is 8.06. The van der Waals surface area contributed by atoms with Crippen LogP contribution in [0.15, 0.2) is 36.5 Å². The fourth-order valence-corrected chi connectivity index (χ4v) is 3.07. The standard InChI is InChI=1S/C18H22N2O4/c1-20(9-14-10-24-11-15(21)18(14)23)16(22)8-13-5-2-4-12-6-3-7-19-17(12)13/h2-7,14-15,18,21,23H,8-11H2,1H3/t14-,15-,18+/m1/s1. The number of ether oxygens (including phenoxy) is 1. The predicted molar refractivity (Wildman–Crippen MR) is 89.4 cm³/mol. The SMILES string of the molecule is CN(C[C@@H]1COC[C@@H](O)[C@H]1O)C(=O)Cc1cccc2cccnc12. The number of carbonyl (C=O) groups excluding carboxylic acids is 1. The van der Waals surface area contributed by atoms with E-state index in [1.165, 1.54) is 0 Å². The van der Waals surface area contributed by atoms with Crippen LogP contribution in [-0.2, 0) is 16.0 Å². The van der Waals surface area contributed by atoms with Crippen molar-refractivity contribution in [3.8, 4) is 0 Å². The lowest BCUT2D eigenvalue weighted by atomic mass is 9.96. The van der Waals surface area contributed by atoms with Crippen molar-refractivity contribution in [3.05, 3.63) is 42.1 Å². The van der Waals surface area contributed by atoms with Gasteiger partial charge in [-0.15, -0.1) is 0 Å². The van der Waals surface area contributed by atoms with Gasteiger partial charge in [-0.2, -0.15) is 0 Å². The topological polar surface area (TPSA) is 82.9 Å². The number of likely N-dealkylation sites (N-methyl/N-ethyl adjacent to an activating group) is 1. The number of pyridine rings is 1. The number of hydrogen-bond donors (Lipinski definition) is 2. The third kappa shape index (κ3) is 3.56. The second-order valence-electron chi connectivity index (χ2n) is 6.30. The van der Waals surface area contributed by atoms with E-state index < -0.39 is 12.2 Å². The smallest absolute Gasteiger partial charge is 0.226 e. The number of rotatable bonds is 4. The van der Waals surface area contributed by atoms with Crippen LogP contribution in [0.1, 0.15) is 5.56 Å². The molecule has 0 aliphatic carbocycles. The van der Waals surface area contributed by atoms with Crippen molar-refractivity contribution >= 4 is 16.8 Å². The van der Waals surface area contributed by atoms with Gasteiger partial charge in [-0.25, -0.2) is 0 Å².